The summed E-state index contributed by atoms with van der Waals surface area (Å²) in [5, 5.41) is 0. The van der Waals surface area contributed by atoms with E-state index >= 15 is 0 Å². The van der Waals surface area contributed by atoms with Gasteiger partial charge in [-0.25, -0.2) is 9.18 Å². The van der Waals surface area contributed by atoms with E-state index in [1.165, 1.54) is 34.7 Å². The second kappa shape index (κ2) is 9.07. The second-order valence-corrected chi connectivity index (χ2v) is 10.0. The van der Waals surface area contributed by atoms with Crippen LogP contribution in [0.1, 0.15) is 45.0 Å². The maximum absolute atomic E-state index is 13.5. The van der Waals surface area contributed by atoms with Crippen LogP contribution in [0.5, 0.6) is 0 Å². The molecule has 3 aromatic carbocycles. The van der Waals surface area contributed by atoms with Crippen LogP contribution in [-0.2, 0) is 14.3 Å². The van der Waals surface area contributed by atoms with Crippen molar-refractivity contribution in [3.63, 3.8) is 0 Å². The Kier molecular flexibility index (Phi) is 5.71. The van der Waals surface area contributed by atoms with Gasteiger partial charge in [-0.1, -0.05) is 30.3 Å². The van der Waals surface area contributed by atoms with Gasteiger partial charge in [0.05, 0.1) is 23.1 Å². The van der Waals surface area contributed by atoms with Gasteiger partial charge in [-0.15, -0.1) is 0 Å². The van der Waals surface area contributed by atoms with E-state index < -0.39 is 24.2 Å². The lowest BCUT2D eigenvalue weighted by Gasteiger charge is -2.28. The van der Waals surface area contributed by atoms with E-state index in [0.717, 1.165) is 25.0 Å². The maximum Gasteiger partial charge on any atom is 0.338 e. The Hall–Kier alpha value is -4.13. The number of esters is 1. The summed E-state index contributed by atoms with van der Waals surface area (Å²) in [6.45, 7) is -0.482. The van der Waals surface area contributed by atoms with Crippen LogP contribution < -0.4 is 4.90 Å². The predicted molar refractivity (Wildman–Crippen MR) is 132 cm³/mol. The standard InChI is InChI=1S/C30H24FNO5/c31-21-10-6-18(7-11-21)25(33)16-37-30(36)19-8-12-22(13-9-19)32-28(34)26-20-14-23(17-4-2-1-3-5-17)24(15-20)27(26)29(32)35/h1-13,20,23-24,26-27H,14-16H2/t20-,23+,24+,26+,27+/m0/s1. The van der Waals surface area contributed by atoms with Crippen LogP contribution in [0.15, 0.2) is 78.9 Å². The molecule has 2 bridgehead atoms. The molecule has 3 aliphatic rings. The minimum Gasteiger partial charge on any atom is -0.454 e. The lowest BCUT2D eigenvalue weighted by atomic mass is 9.73. The summed E-state index contributed by atoms with van der Waals surface area (Å²) in [7, 11) is 0. The summed E-state index contributed by atoms with van der Waals surface area (Å²) in [6.07, 6.45) is 1.83. The fourth-order valence-corrected chi connectivity index (χ4v) is 6.48. The Morgan fingerprint density at radius 1 is 0.811 bits per heavy atom. The van der Waals surface area contributed by atoms with Gasteiger partial charge in [-0.3, -0.25) is 19.3 Å². The quantitative estimate of drug-likeness (QED) is 0.278. The highest BCUT2D eigenvalue weighted by atomic mass is 19.1. The third-order valence-electron chi connectivity index (χ3n) is 8.11. The Morgan fingerprint density at radius 2 is 1.46 bits per heavy atom. The van der Waals surface area contributed by atoms with Crippen molar-refractivity contribution >= 4 is 29.3 Å². The SMILES string of the molecule is O=C(COC(=O)c1ccc(N2C(=O)[C@@H]3[C@@H]4C[C@@H]([C@H]3C2=O)[C@@H](c2ccccc2)C4)cc1)c1ccc(F)cc1. The van der Waals surface area contributed by atoms with Crippen LogP contribution in [0, 0.1) is 29.5 Å². The molecule has 3 aromatic rings. The molecule has 37 heavy (non-hydrogen) atoms. The number of hydrogen-bond donors (Lipinski definition) is 0. The molecule has 0 aromatic heterocycles. The molecule has 1 aliphatic heterocycles. The number of Topliss-reactive ketones (excluding diaryl/α,β-unsaturated/α-hetero) is 1. The molecule has 1 saturated heterocycles. The Balaban J connectivity index is 1.13. The largest absolute Gasteiger partial charge is 0.454 e. The number of fused-ring (bicyclic) bond motifs is 5. The molecule has 0 radical (unpaired) electrons. The number of imide groups is 1. The number of carbonyl (C=O) groups excluding carboxylic acids is 4. The van der Waals surface area contributed by atoms with Gasteiger partial charge in [-0.05, 0) is 84.7 Å². The van der Waals surface area contributed by atoms with Crippen molar-refractivity contribution in [2.24, 2.45) is 23.7 Å². The normalized spacial score (nSPS) is 25.9. The number of ether oxygens (including phenoxy) is 1. The number of hydrogen-bond acceptors (Lipinski definition) is 5. The van der Waals surface area contributed by atoms with Crippen molar-refractivity contribution in [2.45, 2.75) is 18.8 Å². The van der Waals surface area contributed by atoms with E-state index in [0.29, 0.717) is 11.6 Å². The lowest BCUT2D eigenvalue weighted by Crippen LogP contribution is -2.33. The average molecular weight is 498 g/mol. The first-order chi connectivity index (χ1) is 17.9. The van der Waals surface area contributed by atoms with Gasteiger partial charge < -0.3 is 4.74 Å². The number of anilines is 1. The van der Waals surface area contributed by atoms with Gasteiger partial charge in [0.15, 0.2) is 12.4 Å². The van der Waals surface area contributed by atoms with E-state index in [4.69, 9.17) is 4.74 Å². The van der Waals surface area contributed by atoms with Gasteiger partial charge in [0.2, 0.25) is 11.8 Å². The molecule has 6 rings (SSSR count). The van der Waals surface area contributed by atoms with E-state index in [-0.39, 0.29) is 46.6 Å². The molecule has 7 heteroatoms. The van der Waals surface area contributed by atoms with E-state index in [1.807, 2.05) is 18.2 Å². The zero-order chi connectivity index (χ0) is 25.7. The fourth-order valence-electron chi connectivity index (χ4n) is 6.48. The number of nitrogens with zero attached hydrogens (tertiary/aromatic N) is 1. The van der Waals surface area contributed by atoms with Crippen molar-refractivity contribution < 1.29 is 28.3 Å². The van der Waals surface area contributed by atoms with Gasteiger partial charge in [0, 0.05) is 5.56 Å². The molecule has 0 spiro atoms. The molecule has 0 unspecified atom stereocenters. The molecule has 2 saturated carbocycles. The first-order valence-electron chi connectivity index (χ1n) is 12.4. The Morgan fingerprint density at radius 3 is 2.16 bits per heavy atom. The maximum atomic E-state index is 13.5. The summed E-state index contributed by atoms with van der Waals surface area (Å²) in [4.78, 5) is 52.7. The highest BCUT2D eigenvalue weighted by Gasteiger charge is 2.64. The number of rotatable bonds is 6. The zero-order valence-electron chi connectivity index (χ0n) is 19.9. The monoisotopic (exact) mass is 497 g/mol. The van der Waals surface area contributed by atoms with Crippen LogP contribution in [0.2, 0.25) is 0 Å². The minimum absolute atomic E-state index is 0.158. The molecule has 3 fully saturated rings. The molecule has 2 amide bonds. The number of amides is 2. The van der Waals surface area contributed by atoms with Crippen LogP contribution in [-0.4, -0.2) is 30.2 Å². The fraction of sp³-hybridized carbons (Fsp3) is 0.267. The predicted octanol–water partition coefficient (Wildman–Crippen LogP) is 4.79. The Bertz CT molecular complexity index is 1390. The summed E-state index contributed by atoms with van der Waals surface area (Å²) < 4.78 is 18.1. The van der Waals surface area contributed by atoms with Crippen LogP contribution in [0.25, 0.3) is 0 Å². The first kappa shape index (κ1) is 23.3. The number of carbonyl (C=O) groups is 4. The summed E-state index contributed by atoms with van der Waals surface area (Å²) in [6, 6.07) is 21.3. The van der Waals surface area contributed by atoms with Gasteiger partial charge in [0.1, 0.15) is 5.82 Å². The molecular formula is C30H24FNO5. The van der Waals surface area contributed by atoms with Crippen LogP contribution in [0.3, 0.4) is 0 Å². The Labute approximate surface area is 213 Å². The number of benzene rings is 3. The van der Waals surface area contributed by atoms with Crippen molar-refractivity contribution in [2.75, 3.05) is 11.5 Å². The van der Waals surface area contributed by atoms with Crippen LogP contribution >= 0.6 is 0 Å². The van der Waals surface area contributed by atoms with Crippen molar-refractivity contribution in [3.05, 3.63) is 101 Å². The highest BCUT2D eigenvalue weighted by Crippen LogP contribution is 2.61. The molecule has 5 atom stereocenters. The molecule has 186 valence electrons. The highest BCUT2D eigenvalue weighted by molar-refractivity contribution is 6.22. The van der Waals surface area contributed by atoms with Crippen LogP contribution in [0.4, 0.5) is 10.1 Å². The minimum atomic E-state index is -0.707. The van der Waals surface area contributed by atoms with E-state index in [1.54, 1.807) is 12.1 Å². The lowest BCUT2D eigenvalue weighted by molar-refractivity contribution is -0.123. The second-order valence-electron chi connectivity index (χ2n) is 10.0. The smallest absolute Gasteiger partial charge is 0.338 e. The summed E-state index contributed by atoms with van der Waals surface area (Å²) >= 11 is 0. The molecular weight excluding hydrogens is 473 g/mol. The van der Waals surface area contributed by atoms with Gasteiger partial charge in [-0.2, -0.15) is 0 Å². The third kappa shape index (κ3) is 3.95. The number of halogens is 1. The van der Waals surface area contributed by atoms with Crippen molar-refractivity contribution in [1.29, 1.82) is 0 Å². The molecule has 2 aliphatic carbocycles. The summed E-state index contributed by atoms with van der Waals surface area (Å²) in [5.41, 5.74) is 2.09. The number of ketones is 1. The first-order valence-corrected chi connectivity index (χ1v) is 12.4. The summed E-state index contributed by atoms with van der Waals surface area (Å²) in [5.74, 6) is -1.87. The molecule has 6 nitrogen and oxygen atoms in total. The molecule has 0 N–H and O–H groups in total. The van der Waals surface area contributed by atoms with Gasteiger partial charge >= 0.3 is 5.97 Å². The zero-order valence-corrected chi connectivity index (χ0v) is 19.9. The van der Waals surface area contributed by atoms with E-state index in [2.05, 4.69) is 12.1 Å². The van der Waals surface area contributed by atoms with Crippen molar-refractivity contribution in [1.82, 2.24) is 0 Å². The topological polar surface area (TPSA) is 80.8 Å². The van der Waals surface area contributed by atoms with Crippen molar-refractivity contribution in [3.8, 4) is 0 Å². The molecule has 1 heterocycles. The van der Waals surface area contributed by atoms with Gasteiger partial charge in [0.25, 0.3) is 0 Å². The van der Waals surface area contributed by atoms with E-state index in [9.17, 15) is 23.6 Å². The third-order valence-corrected chi connectivity index (χ3v) is 8.11. The average Bonchev–Trinajstić information content (AvgIpc) is 3.59.